The van der Waals surface area contributed by atoms with Gasteiger partial charge >= 0.3 is 11.9 Å². The molecule has 1 aliphatic heterocycles. The Morgan fingerprint density at radius 1 is 1.09 bits per heavy atom. The second-order valence-corrected chi connectivity index (χ2v) is 9.89. The predicted molar refractivity (Wildman–Crippen MR) is 134 cm³/mol. The summed E-state index contributed by atoms with van der Waals surface area (Å²) in [7, 11) is 1.36. The van der Waals surface area contributed by atoms with Crippen molar-refractivity contribution in [3.05, 3.63) is 65.0 Å². The summed E-state index contributed by atoms with van der Waals surface area (Å²) < 4.78 is 16.4. The van der Waals surface area contributed by atoms with Crippen LogP contribution in [0.1, 0.15) is 49.5 Å². The monoisotopic (exact) mass is 478 g/mol. The van der Waals surface area contributed by atoms with E-state index in [-0.39, 0.29) is 5.97 Å². The first kappa shape index (κ1) is 26.4. The third-order valence-corrected chi connectivity index (χ3v) is 5.82. The molecule has 2 aromatic carbocycles. The highest BCUT2D eigenvalue weighted by Crippen LogP contribution is 2.27. The lowest BCUT2D eigenvalue weighted by Gasteiger charge is -2.32. The zero-order valence-corrected chi connectivity index (χ0v) is 21.0. The molecule has 0 radical (unpaired) electrons. The molecule has 35 heavy (non-hydrogen) atoms. The van der Waals surface area contributed by atoms with Crippen LogP contribution in [0.4, 0.5) is 5.69 Å². The number of benzene rings is 2. The van der Waals surface area contributed by atoms with Crippen molar-refractivity contribution in [3.8, 4) is 11.1 Å². The SMILES string of the molecule is [C-]#[N+]c1cccc(-c2cc(COCC3CCN(CC(=O)OC(C)(C)C)CC3)cc(C(=O)OC)c2)c1. The molecule has 0 aromatic heterocycles. The van der Waals surface area contributed by atoms with Gasteiger partial charge in [-0.25, -0.2) is 9.64 Å². The van der Waals surface area contributed by atoms with Gasteiger partial charge in [0.05, 0.1) is 32.4 Å². The molecule has 2 aromatic rings. The Morgan fingerprint density at radius 2 is 1.83 bits per heavy atom. The average molecular weight is 479 g/mol. The van der Waals surface area contributed by atoms with Crippen LogP contribution >= 0.6 is 0 Å². The Kier molecular flexibility index (Phi) is 9.02. The molecule has 1 fully saturated rings. The fraction of sp³-hybridized carbons (Fsp3) is 0.464. The molecular formula is C28H34N2O5. The van der Waals surface area contributed by atoms with Crippen molar-refractivity contribution >= 4 is 17.6 Å². The van der Waals surface area contributed by atoms with Crippen LogP contribution < -0.4 is 0 Å². The van der Waals surface area contributed by atoms with Gasteiger partial charge in [0.1, 0.15) is 5.60 Å². The molecule has 0 spiro atoms. The topological polar surface area (TPSA) is 69.4 Å². The molecule has 0 N–H and O–H groups in total. The lowest BCUT2D eigenvalue weighted by molar-refractivity contribution is -0.156. The van der Waals surface area contributed by atoms with Crippen molar-refractivity contribution in [2.45, 2.75) is 45.8 Å². The number of likely N-dealkylation sites (tertiary alicyclic amines) is 1. The second kappa shape index (κ2) is 12.0. The molecule has 1 saturated heterocycles. The second-order valence-electron chi connectivity index (χ2n) is 9.89. The highest BCUT2D eigenvalue weighted by Gasteiger charge is 2.24. The Morgan fingerprint density at radius 3 is 2.49 bits per heavy atom. The number of hydrogen-bond acceptors (Lipinski definition) is 6. The number of carbonyl (C=O) groups is 2. The van der Waals surface area contributed by atoms with Gasteiger partial charge in [-0.05, 0) is 93.6 Å². The Hall–Kier alpha value is -3.21. The minimum atomic E-state index is -0.464. The molecule has 0 saturated carbocycles. The van der Waals surface area contributed by atoms with Gasteiger partial charge in [0.2, 0.25) is 0 Å². The number of esters is 2. The van der Waals surface area contributed by atoms with Crippen molar-refractivity contribution in [1.29, 1.82) is 0 Å². The number of ether oxygens (including phenoxy) is 3. The smallest absolute Gasteiger partial charge is 0.337 e. The van der Waals surface area contributed by atoms with Crippen LogP contribution in [0.3, 0.4) is 0 Å². The first-order chi connectivity index (χ1) is 16.7. The van der Waals surface area contributed by atoms with Gasteiger partial charge < -0.3 is 14.2 Å². The molecule has 7 heteroatoms. The van der Waals surface area contributed by atoms with Crippen LogP contribution in [0.25, 0.3) is 16.0 Å². The van der Waals surface area contributed by atoms with Crippen LogP contribution in [0, 0.1) is 12.5 Å². The largest absolute Gasteiger partial charge is 0.465 e. The van der Waals surface area contributed by atoms with Gasteiger partial charge in [-0.3, -0.25) is 9.69 Å². The van der Waals surface area contributed by atoms with Gasteiger partial charge in [0.15, 0.2) is 5.69 Å². The molecule has 0 aliphatic carbocycles. The van der Waals surface area contributed by atoms with Crippen molar-refractivity contribution in [2.75, 3.05) is 33.4 Å². The van der Waals surface area contributed by atoms with E-state index in [1.54, 1.807) is 24.3 Å². The van der Waals surface area contributed by atoms with Crippen molar-refractivity contribution < 1.29 is 23.8 Å². The summed E-state index contributed by atoms with van der Waals surface area (Å²) in [5.74, 6) is -0.175. The van der Waals surface area contributed by atoms with E-state index in [2.05, 4.69) is 9.74 Å². The quantitative estimate of drug-likeness (QED) is 0.381. The van der Waals surface area contributed by atoms with Crippen LogP contribution in [0.5, 0.6) is 0 Å². The summed E-state index contributed by atoms with van der Waals surface area (Å²) in [5.41, 5.74) is 3.11. The first-order valence-electron chi connectivity index (χ1n) is 11.9. The van der Waals surface area contributed by atoms with E-state index < -0.39 is 11.6 Å². The summed E-state index contributed by atoms with van der Waals surface area (Å²) in [6.45, 7) is 15.9. The maximum Gasteiger partial charge on any atom is 0.337 e. The maximum atomic E-state index is 12.2. The minimum absolute atomic E-state index is 0.185. The molecule has 186 valence electrons. The van der Waals surface area contributed by atoms with Crippen molar-refractivity contribution in [1.82, 2.24) is 4.90 Å². The zero-order chi connectivity index (χ0) is 25.4. The lowest BCUT2D eigenvalue weighted by atomic mass is 9.97. The summed E-state index contributed by atoms with van der Waals surface area (Å²) in [4.78, 5) is 29.9. The van der Waals surface area contributed by atoms with Crippen molar-refractivity contribution in [3.63, 3.8) is 0 Å². The highest BCUT2D eigenvalue weighted by atomic mass is 16.6. The number of methoxy groups -OCH3 is 1. The Labute approximate surface area is 207 Å². The van der Waals surface area contributed by atoms with Gasteiger partial charge in [-0.1, -0.05) is 18.2 Å². The molecule has 1 heterocycles. The molecule has 7 nitrogen and oxygen atoms in total. The summed E-state index contributed by atoms with van der Waals surface area (Å²) in [5, 5.41) is 0. The third-order valence-electron chi connectivity index (χ3n) is 5.82. The number of hydrogen-bond donors (Lipinski definition) is 0. The fourth-order valence-corrected chi connectivity index (χ4v) is 4.14. The Bertz CT molecular complexity index is 1080. The standard InChI is InChI=1S/C28H34N2O5/c1-28(2,3)35-26(31)17-30-11-9-20(10-12-30)18-34-19-21-13-23(15-24(14-21)27(32)33-5)22-7-6-8-25(16-22)29-4/h6-8,13-16,20H,9-12,17-19H2,1-3,5H3. The lowest BCUT2D eigenvalue weighted by Crippen LogP contribution is -2.40. The van der Waals surface area contributed by atoms with Crippen LogP contribution in [-0.4, -0.2) is 55.8 Å². The third kappa shape index (κ3) is 8.20. The molecule has 3 rings (SSSR count). The fourth-order valence-electron chi connectivity index (χ4n) is 4.14. The summed E-state index contributed by atoms with van der Waals surface area (Å²) in [6.07, 6.45) is 1.92. The normalized spacial score (nSPS) is 14.8. The number of rotatable bonds is 8. The van der Waals surface area contributed by atoms with E-state index in [9.17, 15) is 9.59 Å². The molecular weight excluding hydrogens is 444 g/mol. The molecule has 0 bridgehead atoms. The predicted octanol–water partition coefficient (Wildman–Crippen LogP) is 5.26. The summed E-state index contributed by atoms with van der Waals surface area (Å²) in [6, 6.07) is 12.9. The van der Waals surface area contributed by atoms with Gasteiger partial charge in [0, 0.05) is 6.61 Å². The first-order valence-corrected chi connectivity index (χ1v) is 11.9. The average Bonchev–Trinajstić information content (AvgIpc) is 2.83. The number of nitrogens with zero attached hydrogens (tertiary/aromatic N) is 2. The zero-order valence-electron chi connectivity index (χ0n) is 21.0. The maximum absolute atomic E-state index is 12.2. The van der Waals surface area contributed by atoms with Gasteiger partial charge in [0.25, 0.3) is 0 Å². The Balaban J connectivity index is 1.56. The highest BCUT2D eigenvalue weighted by molar-refractivity contribution is 5.91. The van der Waals surface area contributed by atoms with E-state index in [0.717, 1.165) is 42.6 Å². The van der Waals surface area contributed by atoms with Crippen LogP contribution in [-0.2, 0) is 25.6 Å². The van der Waals surface area contributed by atoms with E-state index in [1.165, 1.54) is 7.11 Å². The van der Waals surface area contributed by atoms with Gasteiger partial charge in [-0.2, -0.15) is 0 Å². The molecule has 0 unspecified atom stereocenters. The number of piperidine rings is 1. The van der Waals surface area contributed by atoms with Crippen LogP contribution in [0.15, 0.2) is 42.5 Å². The van der Waals surface area contributed by atoms with Gasteiger partial charge in [-0.15, -0.1) is 0 Å². The molecule has 1 aliphatic rings. The van der Waals surface area contributed by atoms with E-state index >= 15 is 0 Å². The number of carbonyl (C=O) groups excluding carboxylic acids is 2. The molecule has 0 amide bonds. The van der Waals surface area contributed by atoms with Crippen LogP contribution in [0.2, 0.25) is 0 Å². The van der Waals surface area contributed by atoms with E-state index in [4.69, 9.17) is 20.8 Å². The molecule has 0 atom stereocenters. The van der Waals surface area contributed by atoms with Crippen molar-refractivity contribution in [2.24, 2.45) is 5.92 Å². The van der Waals surface area contributed by atoms with E-state index in [1.807, 2.05) is 39.0 Å². The summed E-state index contributed by atoms with van der Waals surface area (Å²) >= 11 is 0. The van der Waals surface area contributed by atoms with E-state index in [0.29, 0.717) is 36.9 Å². The minimum Gasteiger partial charge on any atom is -0.465 e.